The predicted octanol–water partition coefficient (Wildman–Crippen LogP) is 3.48. The van der Waals surface area contributed by atoms with Gasteiger partial charge in [-0.3, -0.25) is 0 Å². The molecule has 2 nitrogen and oxygen atoms in total. The van der Waals surface area contributed by atoms with Gasteiger partial charge in [0.15, 0.2) is 0 Å². The van der Waals surface area contributed by atoms with E-state index in [1.54, 1.807) is 7.11 Å². The maximum absolute atomic E-state index is 9.22. The molecule has 0 saturated carbocycles. The van der Waals surface area contributed by atoms with Crippen LogP contribution in [0.25, 0.3) is 5.57 Å². The second-order valence-corrected chi connectivity index (χ2v) is 15.3. The Morgan fingerprint density at radius 3 is 2.44 bits per heavy atom. The van der Waals surface area contributed by atoms with Gasteiger partial charge in [-0.2, -0.15) is 0 Å². The fraction of sp³-hybridized carbons (Fsp3) is 0.308. The monoisotopic (exact) mass is 277 g/mol. The van der Waals surface area contributed by atoms with E-state index < -0.39 is 13.3 Å². The van der Waals surface area contributed by atoms with Crippen molar-refractivity contribution in [2.24, 2.45) is 0 Å². The molecule has 1 rings (SSSR count). The Morgan fingerprint density at radius 1 is 1.31 bits per heavy atom. The summed E-state index contributed by atoms with van der Waals surface area (Å²) in [4.78, 5) is 2.15. The molecule has 0 radical (unpaired) electrons. The van der Waals surface area contributed by atoms with Crippen LogP contribution >= 0.6 is 0 Å². The molecule has 0 fully saturated rings. The molecule has 1 aromatic carbocycles. The Morgan fingerprint density at radius 2 is 1.94 bits per heavy atom. The summed E-state index contributed by atoms with van der Waals surface area (Å²) in [5, 5.41) is 9.22. The second-order valence-electron chi connectivity index (χ2n) is 4.74. The van der Waals surface area contributed by atoms with Crippen LogP contribution in [0.1, 0.15) is 5.56 Å². The number of rotatable bonds is 3. The fourth-order valence-electron chi connectivity index (χ4n) is 1.47. The van der Waals surface area contributed by atoms with Gasteiger partial charge < -0.3 is 0 Å². The number of allylic oxidation sites excluding steroid dienone is 1. The average Bonchev–Trinajstić information content (AvgIpc) is 2.24. The van der Waals surface area contributed by atoms with Gasteiger partial charge in [0.1, 0.15) is 0 Å². The molecule has 0 aromatic heterocycles. The van der Waals surface area contributed by atoms with E-state index in [9.17, 15) is 5.26 Å². The molecule has 1 aromatic rings. The Bertz CT molecular complexity index is 438. The van der Waals surface area contributed by atoms with Crippen molar-refractivity contribution in [2.75, 3.05) is 7.11 Å². The normalized spacial score (nSPS) is 12.1. The van der Waals surface area contributed by atoms with E-state index in [1.165, 1.54) is 0 Å². The third kappa shape index (κ3) is 3.42. The van der Waals surface area contributed by atoms with E-state index >= 15 is 0 Å². The molecule has 0 heterocycles. The molecular formula is C13H17GeNO. The van der Waals surface area contributed by atoms with Crippen molar-refractivity contribution >= 4 is 18.8 Å². The molecule has 0 bridgehead atoms. The molecule has 0 aliphatic carbocycles. The molecular weight excluding hydrogens is 259 g/mol. The number of hydrogen-bond donors (Lipinski definition) is 0. The van der Waals surface area contributed by atoms with Gasteiger partial charge in [0.25, 0.3) is 0 Å². The summed E-state index contributed by atoms with van der Waals surface area (Å²) in [5.41, 5.74) is 1.64. The van der Waals surface area contributed by atoms with Gasteiger partial charge >= 0.3 is 99.8 Å². The van der Waals surface area contributed by atoms with Crippen molar-refractivity contribution in [1.82, 2.24) is 0 Å². The van der Waals surface area contributed by atoms with Crippen LogP contribution < -0.4 is 4.74 Å². The molecule has 0 atom stereocenters. The van der Waals surface area contributed by atoms with E-state index in [-0.39, 0.29) is 0 Å². The van der Waals surface area contributed by atoms with Gasteiger partial charge in [-0.05, 0) is 0 Å². The first-order chi connectivity index (χ1) is 7.48. The van der Waals surface area contributed by atoms with Crippen molar-refractivity contribution in [3.63, 3.8) is 0 Å². The quantitative estimate of drug-likeness (QED) is 0.625. The maximum atomic E-state index is 9.22. The Balaban J connectivity index is 3.26. The van der Waals surface area contributed by atoms with Gasteiger partial charge in [0, 0.05) is 0 Å². The van der Waals surface area contributed by atoms with E-state index in [2.05, 4.69) is 28.2 Å². The number of nitriles is 1. The number of benzene rings is 1. The number of nitrogens with zero attached hydrogens (tertiary/aromatic N) is 1. The first kappa shape index (κ1) is 12.9. The molecule has 3 heteroatoms. The summed E-state index contributed by atoms with van der Waals surface area (Å²) in [5.74, 6) is 7.54. The first-order valence-electron chi connectivity index (χ1n) is 5.24. The van der Waals surface area contributed by atoms with E-state index in [0.29, 0.717) is 0 Å². The first-order valence-corrected chi connectivity index (χ1v) is 12.7. The number of hydrogen-bond acceptors (Lipinski definition) is 2. The third-order valence-electron chi connectivity index (χ3n) is 2.09. The minimum absolute atomic E-state index is 0.741. The molecule has 0 aliphatic heterocycles. The standard InChI is InChI=1S/C13H17GeNO/c1-14(2,3)9-11(10-15)12-7-5-6-8-13(12)16-4/h5-9H,1-4H3/b11-9+. The van der Waals surface area contributed by atoms with Gasteiger partial charge in [-0.25, -0.2) is 0 Å². The van der Waals surface area contributed by atoms with Crippen LogP contribution in [0.2, 0.25) is 17.3 Å². The van der Waals surface area contributed by atoms with Crippen LogP contribution in [-0.2, 0) is 0 Å². The predicted molar refractivity (Wildman–Crippen MR) is 69.9 cm³/mol. The molecule has 0 unspecified atom stereocenters. The molecule has 0 saturated heterocycles. The van der Waals surface area contributed by atoms with Crippen LogP contribution in [0.5, 0.6) is 5.75 Å². The summed E-state index contributed by atoms with van der Waals surface area (Å²) < 4.78 is 5.27. The third-order valence-corrected chi connectivity index (χ3v) is 4.52. The number of ether oxygens (including phenoxy) is 1. The average molecular weight is 276 g/mol. The minimum atomic E-state index is -1.88. The van der Waals surface area contributed by atoms with Gasteiger partial charge in [0.2, 0.25) is 0 Å². The summed E-state index contributed by atoms with van der Waals surface area (Å²) in [6.07, 6.45) is 0. The molecule has 0 aliphatic rings. The summed E-state index contributed by atoms with van der Waals surface area (Å²) in [6, 6.07) is 9.94. The Labute approximate surface area is 99.9 Å². The van der Waals surface area contributed by atoms with Crippen LogP contribution in [0.4, 0.5) is 0 Å². The van der Waals surface area contributed by atoms with E-state index in [0.717, 1.165) is 16.9 Å². The van der Waals surface area contributed by atoms with Crippen LogP contribution in [0.15, 0.2) is 29.2 Å². The van der Waals surface area contributed by atoms with Crippen molar-refractivity contribution in [2.45, 2.75) is 17.3 Å². The van der Waals surface area contributed by atoms with Crippen LogP contribution in [0, 0.1) is 11.3 Å². The van der Waals surface area contributed by atoms with E-state index in [1.807, 2.05) is 24.3 Å². The van der Waals surface area contributed by atoms with Crippen LogP contribution in [0.3, 0.4) is 0 Å². The molecule has 0 amide bonds. The van der Waals surface area contributed by atoms with Crippen molar-refractivity contribution in [1.29, 1.82) is 5.26 Å². The summed E-state index contributed by atoms with van der Waals surface area (Å²) >= 11 is -1.88. The summed E-state index contributed by atoms with van der Waals surface area (Å²) in [6.45, 7) is 0. The zero-order valence-corrected chi connectivity index (χ0v) is 12.3. The van der Waals surface area contributed by atoms with Crippen molar-refractivity contribution < 1.29 is 4.74 Å². The SMILES string of the molecule is COc1ccccc1/C(C#N)=[CH]/[Ge]([CH3])([CH3])[CH3]. The van der Waals surface area contributed by atoms with Crippen molar-refractivity contribution in [3.05, 3.63) is 34.7 Å². The van der Waals surface area contributed by atoms with Gasteiger partial charge in [-0.1, -0.05) is 0 Å². The fourth-order valence-corrected chi connectivity index (χ4v) is 3.75. The number of para-hydroxylation sites is 1. The topological polar surface area (TPSA) is 33.0 Å². The van der Waals surface area contributed by atoms with Gasteiger partial charge in [-0.15, -0.1) is 0 Å². The van der Waals surface area contributed by atoms with E-state index in [4.69, 9.17) is 4.74 Å². The number of methoxy groups -OCH3 is 1. The molecule has 16 heavy (non-hydrogen) atoms. The zero-order valence-electron chi connectivity index (χ0n) is 10.2. The Hall–Kier alpha value is -1.21. The summed E-state index contributed by atoms with van der Waals surface area (Å²) in [7, 11) is 1.63. The Kier molecular flexibility index (Phi) is 4.20. The van der Waals surface area contributed by atoms with Crippen LogP contribution in [-0.4, -0.2) is 20.4 Å². The molecule has 0 spiro atoms. The zero-order chi connectivity index (χ0) is 12.2. The van der Waals surface area contributed by atoms with Crippen molar-refractivity contribution in [3.8, 4) is 11.8 Å². The second kappa shape index (κ2) is 5.22. The molecule has 0 N–H and O–H groups in total. The molecule has 84 valence electrons. The van der Waals surface area contributed by atoms with Gasteiger partial charge in [0.05, 0.1) is 0 Å².